The van der Waals surface area contributed by atoms with Crippen LogP contribution in [0.25, 0.3) is 0 Å². The summed E-state index contributed by atoms with van der Waals surface area (Å²) >= 11 is 0. The van der Waals surface area contributed by atoms with Crippen LogP contribution in [0.15, 0.2) is 30.4 Å². The molecule has 1 saturated heterocycles. The van der Waals surface area contributed by atoms with E-state index in [1.165, 1.54) is 12.1 Å². The SMILES string of the molecule is Cc1ccc(F)cc1N1CC(C)(C)N(C[C@H](N)[C@@H](O)C[C@H](C(=O)NC2[C@@H]3CC4C[C@H]2CC(O)(C4)C3)C(C)C)CC1=O.O=C(O)/C=C/C(=O)O. The van der Waals surface area contributed by atoms with Gasteiger partial charge in [0.25, 0.3) is 0 Å². The molecule has 4 aliphatic carbocycles. The van der Waals surface area contributed by atoms with Crippen molar-refractivity contribution in [2.24, 2.45) is 35.3 Å². The first kappa shape index (κ1) is 38.4. The molecule has 3 unspecified atom stereocenters. The monoisotopic (exact) mass is 688 g/mol. The maximum atomic E-state index is 14.0. The topological polar surface area (TPSA) is 194 Å². The molecule has 6 rings (SSSR count). The van der Waals surface area contributed by atoms with E-state index in [9.17, 15) is 33.8 Å². The number of amides is 2. The highest BCUT2D eigenvalue weighted by Crippen LogP contribution is 2.55. The minimum absolute atomic E-state index is 0.0222. The zero-order valence-corrected chi connectivity index (χ0v) is 29.1. The summed E-state index contributed by atoms with van der Waals surface area (Å²) in [6.07, 6.45) is 5.04. The molecule has 7 N–H and O–H groups in total. The van der Waals surface area contributed by atoms with E-state index in [0.29, 0.717) is 48.7 Å². The number of benzene rings is 1. The highest BCUT2D eigenvalue weighted by molar-refractivity contribution is 5.96. The number of aliphatic carboxylic acids is 2. The molecular formula is C36H53FN4O8. The predicted molar refractivity (Wildman–Crippen MR) is 181 cm³/mol. The third-order valence-electron chi connectivity index (χ3n) is 11.0. The van der Waals surface area contributed by atoms with Crippen LogP contribution < -0.4 is 16.0 Å². The number of nitrogens with one attached hydrogen (secondary N) is 1. The summed E-state index contributed by atoms with van der Waals surface area (Å²) in [5.41, 5.74) is 6.93. The normalized spacial score (nSPS) is 29.3. The molecule has 49 heavy (non-hydrogen) atoms. The Balaban J connectivity index is 0.000000603. The Morgan fingerprint density at radius 2 is 1.67 bits per heavy atom. The molecule has 8 atom stereocenters. The minimum atomic E-state index is -1.26. The van der Waals surface area contributed by atoms with E-state index in [0.717, 1.165) is 37.7 Å². The first-order valence-corrected chi connectivity index (χ1v) is 17.2. The van der Waals surface area contributed by atoms with Gasteiger partial charge in [-0.1, -0.05) is 19.9 Å². The second-order valence-corrected chi connectivity index (χ2v) is 15.7. The van der Waals surface area contributed by atoms with Crippen LogP contribution >= 0.6 is 0 Å². The number of aliphatic hydroxyl groups is 2. The summed E-state index contributed by atoms with van der Waals surface area (Å²) < 4.78 is 14.0. The van der Waals surface area contributed by atoms with E-state index in [-0.39, 0.29) is 42.6 Å². The largest absolute Gasteiger partial charge is 0.478 e. The zero-order valence-electron chi connectivity index (χ0n) is 29.1. The zero-order chi connectivity index (χ0) is 36.4. The fourth-order valence-corrected chi connectivity index (χ4v) is 8.57. The molecule has 1 aromatic carbocycles. The van der Waals surface area contributed by atoms with E-state index in [4.69, 9.17) is 15.9 Å². The molecule has 0 radical (unpaired) electrons. The molecule has 1 aliphatic heterocycles. The standard InChI is InChI=1S/C32H49FN4O4.C4H4O4/c1-18(2)24(30(40)35-29-21-8-20-9-22(29)14-32(41,12-20)13-21)11-27(38)25(34)15-36-16-28(39)37(17-31(36,4)5)26-10-23(33)7-6-19(26)3;5-3(6)1-2-4(7)8/h6-7,10,18,20-22,24-25,27,29,38,41H,8-9,11-17,34H2,1-5H3,(H,35,40);1-2H,(H,5,6)(H,7,8)/b;2-1+/t20?,21-,22+,24-,25-,27-,29?,32?;/m0./s1. The molecule has 5 aliphatic rings. The summed E-state index contributed by atoms with van der Waals surface area (Å²) in [6, 6.07) is 3.92. The van der Waals surface area contributed by atoms with Crippen molar-refractivity contribution in [2.45, 2.75) is 102 Å². The van der Waals surface area contributed by atoms with Gasteiger partial charge in [0.15, 0.2) is 0 Å². The number of rotatable bonds is 11. The molecular weight excluding hydrogens is 635 g/mol. The van der Waals surface area contributed by atoms with Crippen molar-refractivity contribution < 1.29 is 44.0 Å². The van der Waals surface area contributed by atoms with Gasteiger partial charge in [0.05, 0.1) is 18.2 Å². The van der Waals surface area contributed by atoms with Crippen LogP contribution in [0.5, 0.6) is 0 Å². The molecule has 13 heteroatoms. The number of carboxylic acids is 2. The summed E-state index contributed by atoms with van der Waals surface area (Å²) in [7, 11) is 0. The van der Waals surface area contributed by atoms with Crippen LogP contribution in [0, 0.1) is 42.3 Å². The van der Waals surface area contributed by atoms with E-state index in [1.807, 2.05) is 39.5 Å². The summed E-state index contributed by atoms with van der Waals surface area (Å²) in [6.45, 7) is 10.7. The Labute approximate surface area is 287 Å². The predicted octanol–water partition coefficient (Wildman–Crippen LogP) is 2.68. The number of halogens is 1. The number of nitrogens with two attached hydrogens (primary N) is 1. The van der Waals surface area contributed by atoms with Crippen LogP contribution in [-0.4, -0.2) is 98.0 Å². The maximum Gasteiger partial charge on any atom is 0.328 e. The van der Waals surface area contributed by atoms with Gasteiger partial charge in [-0.15, -0.1) is 0 Å². The molecule has 0 spiro atoms. The number of piperazine rings is 1. The lowest BCUT2D eigenvalue weighted by atomic mass is 9.52. The van der Waals surface area contributed by atoms with Gasteiger partial charge in [0, 0.05) is 54.5 Å². The molecule has 272 valence electrons. The van der Waals surface area contributed by atoms with Gasteiger partial charge < -0.3 is 36.4 Å². The average Bonchev–Trinajstić information content (AvgIpc) is 2.98. The second-order valence-electron chi connectivity index (χ2n) is 15.7. The lowest BCUT2D eigenvalue weighted by Crippen LogP contribution is -2.64. The molecule has 1 aromatic rings. The summed E-state index contributed by atoms with van der Waals surface area (Å²) in [4.78, 5) is 49.5. The summed E-state index contributed by atoms with van der Waals surface area (Å²) in [5.74, 6) is -2.22. The van der Waals surface area contributed by atoms with Crippen molar-refractivity contribution >= 4 is 29.4 Å². The van der Waals surface area contributed by atoms with E-state index in [2.05, 4.69) is 5.32 Å². The lowest BCUT2D eigenvalue weighted by molar-refractivity contribution is -0.149. The number of nitrogens with zero attached hydrogens (tertiary/aromatic N) is 2. The number of anilines is 1. The number of aryl methyl sites for hydroxylation is 1. The summed E-state index contributed by atoms with van der Waals surface area (Å²) in [5, 5.41) is 41.1. The van der Waals surface area contributed by atoms with Gasteiger partial charge in [-0.25, -0.2) is 14.0 Å². The Bertz CT molecular complexity index is 1400. The molecule has 5 fully saturated rings. The van der Waals surface area contributed by atoms with Gasteiger partial charge in [-0.2, -0.15) is 0 Å². The smallest absolute Gasteiger partial charge is 0.328 e. The van der Waals surface area contributed by atoms with Crippen molar-refractivity contribution in [1.29, 1.82) is 0 Å². The van der Waals surface area contributed by atoms with Crippen LogP contribution in [0.3, 0.4) is 0 Å². The molecule has 0 aromatic heterocycles. The Morgan fingerprint density at radius 1 is 1.08 bits per heavy atom. The third-order valence-corrected chi connectivity index (χ3v) is 11.0. The lowest BCUT2D eigenvalue weighted by Gasteiger charge is -2.58. The van der Waals surface area contributed by atoms with Crippen LogP contribution in [0.4, 0.5) is 10.1 Å². The van der Waals surface area contributed by atoms with E-state index >= 15 is 0 Å². The van der Waals surface area contributed by atoms with Crippen LogP contribution in [0.1, 0.15) is 71.8 Å². The van der Waals surface area contributed by atoms with Gasteiger partial charge >= 0.3 is 11.9 Å². The average molecular weight is 689 g/mol. The van der Waals surface area contributed by atoms with Crippen LogP contribution in [0.2, 0.25) is 0 Å². The third kappa shape index (κ3) is 9.44. The van der Waals surface area contributed by atoms with E-state index < -0.39 is 41.1 Å². The van der Waals surface area contributed by atoms with Crippen molar-refractivity contribution in [3.8, 4) is 0 Å². The van der Waals surface area contributed by atoms with Crippen molar-refractivity contribution in [3.63, 3.8) is 0 Å². The van der Waals surface area contributed by atoms with Crippen molar-refractivity contribution in [3.05, 3.63) is 41.7 Å². The highest BCUT2D eigenvalue weighted by atomic mass is 19.1. The number of hydrogen-bond donors (Lipinski definition) is 6. The van der Waals surface area contributed by atoms with Gasteiger partial charge in [0.1, 0.15) is 5.82 Å². The van der Waals surface area contributed by atoms with Crippen molar-refractivity contribution in [1.82, 2.24) is 10.2 Å². The number of aliphatic hydroxyl groups excluding tert-OH is 1. The number of hydrogen-bond acceptors (Lipinski definition) is 8. The number of carboxylic acid groups (broad SMARTS) is 2. The first-order valence-electron chi connectivity index (χ1n) is 17.2. The van der Waals surface area contributed by atoms with E-state index in [1.54, 1.807) is 11.0 Å². The van der Waals surface area contributed by atoms with Crippen molar-refractivity contribution in [2.75, 3.05) is 24.5 Å². The molecule has 12 nitrogen and oxygen atoms in total. The Kier molecular flexibility index (Phi) is 11.9. The Hall–Kier alpha value is -3.39. The molecule has 2 amide bonds. The van der Waals surface area contributed by atoms with Gasteiger partial charge in [0.2, 0.25) is 11.8 Å². The fourth-order valence-electron chi connectivity index (χ4n) is 8.57. The maximum absolute atomic E-state index is 14.0. The van der Waals surface area contributed by atoms with Gasteiger partial charge in [-0.05, 0) is 101 Å². The second kappa shape index (κ2) is 15.2. The molecule has 1 heterocycles. The first-order chi connectivity index (χ1) is 22.8. The van der Waals surface area contributed by atoms with Crippen LogP contribution in [-0.2, 0) is 19.2 Å². The fraction of sp³-hybridized carbons (Fsp3) is 0.667. The molecule has 4 saturated carbocycles. The quantitative estimate of drug-likeness (QED) is 0.188. The Morgan fingerprint density at radius 3 is 2.20 bits per heavy atom. The number of carbonyl (C=O) groups is 4. The minimum Gasteiger partial charge on any atom is -0.478 e. The highest BCUT2D eigenvalue weighted by Gasteiger charge is 2.55. The molecule has 4 bridgehead atoms. The van der Waals surface area contributed by atoms with Gasteiger partial charge in [-0.3, -0.25) is 14.5 Å². The number of carbonyl (C=O) groups excluding carboxylic acids is 2.